The molecule has 84 valence electrons. The molecule has 1 aromatic rings. The fourth-order valence-corrected chi connectivity index (χ4v) is 2.51. The number of rotatable bonds is 2. The second kappa shape index (κ2) is 4.52. The zero-order valence-electron chi connectivity index (χ0n) is 9.34. The molecule has 2 heteroatoms. The van der Waals surface area contributed by atoms with E-state index in [1.165, 1.54) is 0 Å². The van der Waals surface area contributed by atoms with Crippen molar-refractivity contribution in [2.75, 3.05) is 0 Å². The van der Waals surface area contributed by atoms with E-state index in [2.05, 4.69) is 6.08 Å². The minimum Gasteiger partial charge on any atom is -0.481 e. The van der Waals surface area contributed by atoms with Gasteiger partial charge in [0, 0.05) is 5.92 Å². The van der Waals surface area contributed by atoms with Crippen LogP contribution in [-0.2, 0) is 4.79 Å². The molecule has 1 aliphatic carbocycles. The zero-order chi connectivity index (χ0) is 11.5. The summed E-state index contributed by atoms with van der Waals surface area (Å²) in [6.45, 7) is 1.98. The highest BCUT2D eigenvalue weighted by atomic mass is 16.4. The third-order valence-electron chi connectivity index (χ3n) is 3.34. The zero-order valence-corrected chi connectivity index (χ0v) is 9.34. The van der Waals surface area contributed by atoms with Crippen molar-refractivity contribution in [1.29, 1.82) is 0 Å². The second-order valence-electron chi connectivity index (χ2n) is 4.40. The van der Waals surface area contributed by atoms with E-state index < -0.39 is 5.97 Å². The molecule has 0 heterocycles. The van der Waals surface area contributed by atoms with Crippen molar-refractivity contribution in [1.82, 2.24) is 0 Å². The number of carboxylic acids is 1. The molecule has 1 aromatic carbocycles. The van der Waals surface area contributed by atoms with Crippen molar-refractivity contribution in [2.24, 2.45) is 11.8 Å². The predicted octanol–water partition coefficient (Wildman–Crippen LogP) is 3.07. The first-order chi connectivity index (χ1) is 7.70. The topological polar surface area (TPSA) is 37.3 Å². The van der Waals surface area contributed by atoms with Gasteiger partial charge in [-0.3, -0.25) is 4.79 Å². The number of carboxylic acid groups (broad SMARTS) is 1. The van der Waals surface area contributed by atoms with Crippen molar-refractivity contribution in [3.8, 4) is 0 Å². The van der Waals surface area contributed by atoms with E-state index in [0.29, 0.717) is 0 Å². The van der Waals surface area contributed by atoms with Crippen LogP contribution < -0.4 is 0 Å². The Labute approximate surface area is 95.6 Å². The molecule has 0 saturated carbocycles. The van der Waals surface area contributed by atoms with Gasteiger partial charge in [0.15, 0.2) is 0 Å². The van der Waals surface area contributed by atoms with Gasteiger partial charge in [-0.05, 0) is 17.9 Å². The molecule has 0 bridgehead atoms. The first-order valence-electron chi connectivity index (χ1n) is 5.64. The maximum absolute atomic E-state index is 11.3. The molecule has 0 saturated heterocycles. The van der Waals surface area contributed by atoms with Crippen molar-refractivity contribution >= 4 is 5.97 Å². The predicted molar refractivity (Wildman–Crippen MR) is 63.2 cm³/mol. The highest BCUT2D eigenvalue weighted by Gasteiger charge is 2.34. The normalized spacial score (nSPS) is 28.9. The summed E-state index contributed by atoms with van der Waals surface area (Å²) in [6.07, 6.45) is 4.94. The summed E-state index contributed by atoms with van der Waals surface area (Å²) >= 11 is 0. The molecule has 3 unspecified atom stereocenters. The van der Waals surface area contributed by atoms with E-state index in [-0.39, 0.29) is 17.8 Å². The van der Waals surface area contributed by atoms with Gasteiger partial charge in [-0.1, -0.05) is 49.4 Å². The summed E-state index contributed by atoms with van der Waals surface area (Å²) < 4.78 is 0. The van der Waals surface area contributed by atoms with Crippen LogP contribution in [-0.4, -0.2) is 11.1 Å². The maximum atomic E-state index is 11.3. The molecule has 2 nitrogen and oxygen atoms in total. The van der Waals surface area contributed by atoms with Gasteiger partial charge in [0.25, 0.3) is 0 Å². The van der Waals surface area contributed by atoms with Crippen molar-refractivity contribution < 1.29 is 9.90 Å². The minimum atomic E-state index is -0.689. The van der Waals surface area contributed by atoms with Crippen molar-refractivity contribution in [3.05, 3.63) is 48.0 Å². The summed E-state index contributed by atoms with van der Waals surface area (Å²) in [6, 6.07) is 9.94. The summed E-state index contributed by atoms with van der Waals surface area (Å²) in [5, 5.41) is 9.31. The van der Waals surface area contributed by atoms with Crippen LogP contribution in [0, 0.1) is 11.8 Å². The van der Waals surface area contributed by atoms with Crippen LogP contribution in [0.5, 0.6) is 0 Å². The molecule has 1 N–H and O–H groups in total. The molecule has 0 aliphatic heterocycles. The van der Waals surface area contributed by atoms with Gasteiger partial charge >= 0.3 is 5.97 Å². The Morgan fingerprint density at radius 1 is 1.31 bits per heavy atom. The van der Waals surface area contributed by atoms with Gasteiger partial charge in [-0.25, -0.2) is 0 Å². The lowest BCUT2D eigenvalue weighted by molar-refractivity contribution is -0.144. The average Bonchev–Trinajstić information content (AvgIpc) is 2.29. The first-order valence-corrected chi connectivity index (χ1v) is 5.64. The largest absolute Gasteiger partial charge is 0.481 e. The number of carbonyl (C=O) groups is 1. The van der Waals surface area contributed by atoms with E-state index in [1.54, 1.807) is 0 Å². The lowest BCUT2D eigenvalue weighted by Crippen LogP contribution is -2.29. The Bertz CT molecular complexity index is 394. The van der Waals surface area contributed by atoms with E-state index in [1.807, 2.05) is 43.3 Å². The monoisotopic (exact) mass is 216 g/mol. The number of allylic oxidation sites excluding steroid dienone is 2. The molecule has 3 atom stereocenters. The van der Waals surface area contributed by atoms with Gasteiger partial charge in [-0.15, -0.1) is 0 Å². The first kappa shape index (κ1) is 10.9. The number of benzene rings is 1. The van der Waals surface area contributed by atoms with E-state index in [0.717, 1.165) is 12.0 Å². The molecule has 16 heavy (non-hydrogen) atoms. The third-order valence-corrected chi connectivity index (χ3v) is 3.34. The molecular formula is C14H16O2. The highest BCUT2D eigenvalue weighted by Crippen LogP contribution is 2.37. The smallest absolute Gasteiger partial charge is 0.307 e. The van der Waals surface area contributed by atoms with Crippen LogP contribution in [0.4, 0.5) is 0 Å². The van der Waals surface area contributed by atoms with Crippen molar-refractivity contribution in [2.45, 2.75) is 19.3 Å². The molecule has 0 aromatic heterocycles. The van der Waals surface area contributed by atoms with Crippen LogP contribution in [0.15, 0.2) is 42.5 Å². The fourth-order valence-electron chi connectivity index (χ4n) is 2.51. The molecule has 0 radical (unpaired) electrons. The highest BCUT2D eigenvalue weighted by molar-refractivity contribution is 5.72. The van der Waals surface area contributed by atoms with Crippen molar-refractivity contribution in [3.63, 3.8) is 0 Å². The Morgan fingerprint density at radius 2 is 2.00 bits per heavy atom. The van der Waals surface area contributed by atoms with Gasteiger partial charge in [0.1, 0.15) is 0 Å². The van der Waals surface area contributed by atoms with E-state index in [9.17, 15) is 9.90 Å². The summed E-state index contributed by atoms with van der Waals surface area (Å²) in [5.74, 6) is -0.770. The van der Waals surface area contributed by atoms with Gasteiger partial charge < -0.3 is 5.11 Å². The molecule has 0 spiro atoms. The standard InChI is InChI=1S/C14H16O2/c1-10-6-5-9-12(13(10)14(15)16)11-7-3-2-4-8-11/h2-8,10,12-13H,9H2,1H3,(H,15,16). The third kappa shape index (κ3) is 2.01. The summed E-state index contributed by atoms with van der Waals surface area (Å²) in [4.78, 5) is 11.3. The maximum Gasteiger partial charge on any atom is 0.307 e. The van der Waals surface area contributed by atoms with Crippen LogP contribution in [0.2, 0.25) is 0 Å². The Morgan fingerprint density at radius 3 is 2.62 bits per heavy atom. The van der Waals surface area contributed by atoms with Crippen LogP contribution in [0.3, 0.4) is 0 Å². The molecule has 0 fully saturated rings. The van der Waals surface area contributed by atoms with Gasteiger partial charge in [0.2, 0.25) is 0 Å². The number of hydrogen-bond acceptors (Lipinski definition) is 1. The SMILES string of the molecule is CC1C=CCC(c2ccccc2)C1C(=O)O. The Kier molecular flexibility index (Phi) is 3.09. The Hall–Kier alpha value is -1.57. The second-order valence-corrected chi connectivity index (χ2v) is 4.40. The quantitative estimate of drug-likeness (QED) is 0.771. The fraction of sp³-hybridized carbons (Fsp3) is 0.357. The Balaban J connectivity index is 2.33. The average molecular weight is 216 g/mol. The summed E-state index contributed by atoms with van der Waals surface area (Å²) in [7, 11) is 0. The molecule has 1 aliphatic rings. The van der Waals surface area contributed by atoms with Crippen LogP contribution in [0.25, 0.3) is 0 Å². The van der Waals surface area contributed by atoms with Crippen LogP contribution in [0.1, 0.15) is 24.8 Å². The van der Waals surface area contributed by atoms with Gasteiger partial charge in [0.05, 0.1) is 5.92 Å². The minimum absolute atomic E-state index is 0.108. The number of aliphatic carboxylic acids is 1. The lowest BCUT2D eigenvalue weighted by Gasteiger charge is -2.30. The van der Waals surface area contributed by atoms with Gasteiger partial charge in [-0.2, -0.15) is 0 Å². The molecular weight excluding hydrogens is 200 g/mol. The van der Waals surface area contributed by atoms with E-state index >= 15 is 0 Å². The van der Waals surface area contributed by atoms with E-state index in [4.69, 9.17) is 0 Å². The van der Waals surface area contributed by atoms with Crippen LogP contribution >= 0.6 is 0 Å². The molecule has 2 rings (SSSR count). The lowest BCUT2D eigenvalue weighted by atomic mass is 9.73. The number of hydrogen-bond donors (Lipinski definition) is 1. The molecule has 0 amide bonds. The summed E-state index contributed by atoms with van der Waals surface area (Å²) in [5.41, 5.74) is 1.13.